The lowest BCUT2D eigenvalue weighted by Gasteiger charge is -2.42. The van der Waals surface area contributed by atoms with Gasteiger partial charge in [-0.05, 0) is 58.5 Å². The molecule has 1 fully saturated rings. The Balaban J connectivity index is 2.33. The van der Waals surface area contributed by atoms with E-state index in [4.69, 9.17) is 10.5 Å². The average molecular weight is 313 g/mol. The maximum absolute atomic E-state index is 11.7. The van der Waals surface area contributed by atoms with Gasteiger partial charge >= 0.3 is 6.09 Å². The lowest BCUT2D eigenvalue weighted by atomic mass is 9.78. The van der Waals surface area contributed by atoms with Crippen molar-refractivity contribution in [3.8, 4) is 0 Å². The van der Waals surface area contributed by atoms with Crippen molar-refractivity contribution in [2.24, 2.45) is 11.1 Å². The lowest BCUT2D eigenvalue weighted by molar-refractivity contribution is 0.0511. The number of hydrogen-bond acceptors (Lipinski definition) is 4. The smallest absolute Gasteiger partial charge is 0.407 e. The molecule has 0 radical (unpaired) electrons. The molecule has 1 aliphatic rings. The number of likely N-dealkylation sites (tertiary alicyclic amines) is 1. The van der Waals surface area contributed by atoms with E-state index in [1.807, 2.05) is 20.8 Å². The molecule has 0 bridgehead atoms. The van der Waals surface area contributed by atoms with Crippen molar-refractivity contribution in [2.75, 3.05) is 26.2 Å². The van der Waals surface area contributed by atoms with Gasteiger partial charge in [-0.1, -0.05) is 20.3 Å². The standard InChI is InChI=1S/C17H35N3O2/c1-6-17(5)8-11-20(12-9-17)14(13-18)7-10-19-15(21)22-16(2,3)4/h14H,6-13,18H2,1-5H3,(H,19,21). The second kappa shape index (κ2) is 8.16. The summed E-state index contributed by atoms with van der Waals surface area (Å²) in [7, 11) is 0. The molecule has 1 unspecified atom stereocenters. The van der Waals surface area contributed by atoms with E-state index >= 15 is 0 Å². The van der Waals surface area contributed by atoms with Gasteiger partial charge in [0.2, 0.25) is 0 Å². The van der Waals surface area contributed by atoms with Crippen molar-refractivity contribution < 1.29 is 9.53 Å². The van der Waals surface area contributed by atoms with E-state index in [2.05, 4.69) is 24.1 Å². The number of ether oxygens (including phenoxy) is 1. The van der Waals surface area contributed by atoms with E-state index in [0.29, 0.717) is 24.5 Å². The second-order valence-electron chi connectivity index (χ2n) is 7.81. The Labute approximate surface area is 135 Å². The molecule has 5 nitrogen and oxygen atoms in total. The van der Waals surface area contributed by atoms with Crippen molar-refractivity contribution >= 4 is 6.09 Å². The van der Waals surface area contributed by atoms with Gasteiger partial charge < -0.3 is 15.8 Å². The summed E-state index contributed by atoms with van der Waals surface area (Å²) < 4.78 is 5.25. The third-order valence-electron chi connectivity index (χ3n) is 4.79. The number of nitrogens with two attached hydrogens (primary N) is 1. The normalized spacial score (nSPS) is 20.5. The van der Waals surface area contributed by atoms with Crippen molar-refractivity contribution in [3.05, 3.63) is 0 Å². The third kappa shape index (κ3) is 6.53. The zero-order valence-corrected chi connectivity index (χ0v) is 15.1. The summed E-state index contributed by atoms with van der Waals surface area (Å²) in [6, 6.07) is 0.344. The molecule has 22 heavy (non-hydrogen) atoms. The third-order valence-corrected chi connectivity index (χ3v) is 4.79. The van der Waals surface area contributed by atoms with Crippen LogP contribution in [-0.2, 0) is 4.74 Å². The first-order chi connectivity index (χ1) is 10.2. The Bertz CT molecular complexity index is 344. The van der Waals surface area contributed by atoms with Gasteiger partial charge in [0.1, 0.15) is 5.60 Å². The molecule has 1 heterocycles. The van der Waals surface area contributed by atoms with Crippen molar-refractivity contribution in [2.45, 2.75) is 71.9 Å². The molecule has 1 atom stereocenters. The van der Waals surface area contributed by atoms with Crippen molar-refractivity contribution in [1.29, 1.82) is 0 Å². The zero-order valence-electron chi connectivity index (χ0n) is 15.1. The van der Waals surface area contributed by atoms with Crippen LogP contribution in [0, 0.1) is 5.41 Å². The minimum atomic E-state index is -0.450. The molecule has 1 saturated heterocycles. The second-order valence-corrected chi connectivity index (χ2v) is 7.81. The summed E-state index contributed by atoms with van der Waals surface area (Å²) >= 11 is 0. The number of nitrogens with zero attached hydrogens (tertiary/aromatic N) is 1. The molecule has 1 amide bonds. The SMILES string of the molecule is CCC1(C)CCN(C(CN)CCNC(=O)OC(C)(C)C)CC1. The molecule has 0 spiro atoms. The summed E-state index contributed by atoms with van der Waals surface area (Å²) in [5.41, 5.74) is 5.98. The highest BCUT2D eigenvalue weighted by atomic mass is 16.6. The average Bonchev–Trinajstić information content (AvgIpc) is 2.43. The predicted octanol–water partition coefficient (Wildman–Crippen LogP) is 2.74. The molecule has 0 aliphatic carbocycles. The number of piperidine rings is 1. The van der Waals surface area contributed by atoms with Gasteiger partial charge in [-0.3, -0.25) is 4.90 Å². The summed E-state index contributed by atoms with van der Waals surface area (Å²) in [6.07, 6.45) is 4.24. The van der Waals surface area contributed by atoms with Crippen LogP contribution in [0.3, 0.4) is 0 Å². The Kier molecular flexibility index (Phi) is 7.13. The zero-order chi connectivity index (χ0) is 16.8. The van der Waals surface area contributed by atoms with Gasteiger partial charge in [0, 0.05) is 19.1 Å². The van der Waals surface area contributed by atoms with Crippen molar-refractivity contribution in [3.63, 3.8) is 0 Å². The van der Waals surface area contributed by atoms with Crippen LogP contribution in [-0.4, -0.2) is 48.8 Å². The van der Waals surface area contributed by atoms with E-state index in [-0.39, 0.29) is 6.09 Å². The van der Waals surface area contributed by atoms with Gasteiger partial charge in [-0.2, -0.15) is 0 Å². The van der Waals surface area contributed by atoms with Crippen LogP contribution in [0.15, 0.2) is 0 Å². The van der Waals surface area contributed by atoms with Gasteiger partial charge in [-0.15, -0.1) is 0 Å². The highest BCUT2D eigenvalue weighted by Gasteiger charge is 2.30. The van der Waals surface area contributed by atoms with Crippen LogP contribution in [0.4, 0.5) is 4.79 Å². The first-order valence-electron chi connectivity index (χ1n) is 8.60. The molecule has 3 N–H and O–H groups in total. The van der Waals surface area contributed by atoms with Gasteiger partial charge in [0.15, 0.2) is 0 Å². The minimum Gasteiger partial charge on any atom is -0.444 e. The fourth-order valence-electron chi connectivity index (χ4n) is 2.89. The van der Waals surface area contributed by atoms with E-state index in [0.717, 1.165) is 19.5 Å². The van der Waals surface area contributed by atoms with Crippen LogP contribution in [0.25, 0.3) is 0 Å². The molecule has 1 rings (SSSR count). The predicted molar refractivity (Wildman–Crippen MR) is 90.9 cm³/mol. The topological polar surface area (TPSA) is 67.6 Å². The Morgan fingerprint density at radius 1 is 1.36 bits per heavy atom. The number of carbonyl (C=O) groups excluding carboxylic acids is 1. The molecule has 0 saturated carbocycles. The molecule has 130 valence electrons. The van der Waals surface area contributed by atoms with Crippen LogP contribution in [0.1, 0.15) is 60.3 Å². The van der Waals surface area contributed by atoms with Gasteiger partial charge in [-0.25, -0.2) is 4.79 Å². The number of carbonyl (C=O) groups is 1. The molecule has 0 aromatic heterocycles. The Morgan fingerprint density at radius 2 is 1.95 bits per heavy atom. The monoisotopic (exact) mass is 313 g/mol. The van der Waals surface area contributed by atoms with Gasteiger partial charge in [0.25, 0.3) is 0 Å². The van der Waals surface area contributed by atoms with Crippen LogP contribution in [0.5, 0.6) is 0 Å². The molecule has 1 aliphatic heterocycles. The number of amides is 1. The highest BCUT2D eigenvalue weighted by Crippen LogP contribution is 2.34. The molecule has 0 aromatic carbocycles. The molecular weight excluding hydrogens is 278 g/mol. The van der Waals surface area contributed by atoms with Crippen LogP contribution in [0.2, 0.25) is 0 Å². The number of rotatable bonds is 6. The number of hydrogen-bond donors (Lipinski definition) is 2. The lowest BCUT2D eigenvalue weighted by Crippen LogP contribution is -2.48. The van der Waals surface area contributed by atoms with Gasteiger partial charge in [0.05, 0.1) is 0 Å². The highest BCUT2D eigenvalue weighted by molar-refractivity contribution is 5.67. The van der Waals surface area contributed by atoms with Crippen LogP contribution < -0.4 is 11.1 Å². The van der Waals surface area contributed by atoms with E-state index < -0.39 is 5.60 Å². The van der Waals surface area contributed by atoms with Crippen LogP contribution >= 0.6 is 0 Å². The summed E-state index contributed by atoms with van der Waals surface area (Å²) in [5.74, 6) is 0. The fraction of sp³-hybridized carbons (Fsp3) is 0.941. The Morgan fingerprint density at radius 3 is 2.41 bits per heavy atom. The number of nitrogens with one attached hydrogen (secondary N) is 1. The summed E-state index contributed by atoms with van der Waals surface area (Å²) in [6.45, 7) is 13.7. The van der Waals surface area contributed by atoms with E-state index in [9.17, 15) is 4.79 Å². The first-order valence-corrected chi connectivity index (χ1v) is 8.60. The largest absolute Gasteiger partial charge is 0.444 e. The molecular formula is C17H35N3O2. The fourth-order valence-corrected chi connectivity index (χ4v) is 2.89. The van der Waals surface area contributed by atoms with E-state index in [1.54, 1.807) is 0 Å². The summed E-state index contributed by atoms with van der Waals surface area (Å²) in [5, 5.41) is 2.83. The maximum Gasteiger partial charge on any atom is 0.407 e. The Hall–Kier alpha value is -0.810. The van der Waals surface area contributed by atoms with Crippen molar-refractivity contribution in [1.82, 2.24) is 10.2 Å². The quantitative estimate of drug-likeness (QED) is 0.791. The minimum absolute atomic E-state index is 0.344. The summed E-state index contributed by atoms with van der Waals surface area (Å²) in [4.78, 5) is 14.1. The van der Waals surface area contributed by atoms with E-state index in [1.165, 1.54) is 19.3 Å². The maximum atomic E-state index is 11.7. The molecule has 0 aromatic rings. The number of alkyl carbamates (subject to hydrolysis) is 1. The first kappa shape index (κ1) is 19.2. The molecule has 5 heteroatoms.